The van der Waals surface area contributed by atoms with Crippen LogP contribution in [-0.4, -0.2) is 48.3 Å². The zero-order valence-electron chi connectivity index (χ0n) is 12.6. The Morgan fingerprint density at radius 1 is 1.45 bits per heavy atom. The van der Waals surface area contributed by atoms with E-state index in [9.17, 15) is 9.59 Å². The molecule has 114 valence electrons. The summed E-state index contributed by atoms with van der Waals surface area (Å²) in [6, 6.07) is -1.02. The maximum absolute atomic E-state index is 12.2. The van der Waals surface area contributed by atoms with Crippen LogP contribution in [0.1, 0.15) is 27.2 Å². The fourth-order valence-electron chi connectivity index (χ4n) is 2.37. The number of ether oxygens (including phenoxy) is 2. The van der Waals surface area contributed by atoms with Gasteiger partial charge in [0.1, 0.15) is 11.6 Å². The molecule has 0 radical (unpaired) electrons. The molecule has 0 aromatic carbocycles. The van der Waals surface area contributed by atoms with E-state index >= 15 is 0 Å². The highest BCUT2D eigenvalue weighted by Gasteiger charge is 2.47. The molecule has 6 nitrogen and oxygen atoms in total. The number of amides is 1. The number of rotatable bonds is 3. The van der Waals surface area contributed by atoms with E-state index in [1.54, 1.807) is 26.8 Å². The second-order valence-electron chi connectivity index (χ2n) is 5.95. The molecule has 1 rings (SSSR count). The van der Waals surface area contributed by atoms with Crippen LogP contribution in [0, 0.1) is 5.92 Å². The molecule has 0 bridgehead atoms. The van der Waals surface area contributed by atoms with E-state index in [2.05, 4.69) is 6.58 Å². The monoisotopic (exact) mass is 284 g/mol. The molecule has 2 N–H and O–H groups in total. The Balaban J connectivity index is 2.96. The Labute approximate surface area is 119 Å². The summed E-state index contributed by atoms with van der Waals surface area (Å²) in [5.41, 5.74) is 5.41. The molecular weight excluding hydrogens is 260 g/mol. The van der Waals surface area contributed by atoms with Gasteiger partial charge in [-0.3, -0.25) is 4.90 Å². The van der Waals surface area contributed by atoms with E-state index in [0.29, 0.717) is 6.42 Å². The molecule has 1 amide bonds. The van der Waals surface area contributed by atoms with Crippen molar-refractivity contribution >= 4 is 12.1 Å². The Morgan fingerprint density at radius 3 is 2.50 bits per heavy atom. The van der Waals surface area contributed by atoms with Crippen LogP contribution in [0.5, 0.6) is 0 Å². The van der Waals surface area contributed by atoms with Crippen molar-refractivity contribution in [3.8, 4) is 0 Å². The summed E-state index contributed by atoms with van der Waals surface area (Å²) >= 11 is 0. The first kappa shape index (κ1) is 16.5. The molecule has 6 heteroatoms. The van der Waals surface area contributed by atoms with Crippen molar-refractivity contribution < 1.29 is 19.1 Å². The number of nitrogens with two attached hydrogens (primary N) is 1. The van der Waals surface area contributed by atoms with Crippen LogP contribution in [-0.2, 0) is 14.3 Å². The van der Waals surface area contributed by atoms with E-state index < -0.39 is 23.7 Å². The second kappa shape index (κ2) is 6.26. The van der Waals surface area contributed by atoms with Crippen molar-refractivity contribution in [2.45, 2.75) is 44.9 Å². The summed E-state index contributed by atoms with van der Waals surface area (Å²) in [6.07, 6.45) is 1.69. The summed E-state index contributed by atoms with van der Waals surface area (Å²) in [5.74, 6) is -0.678. The molecule has 0 saturated carbocycles. The average Bonchev–Trinajstić information content (AvgIpc) is 2.65. The van der Waals surface area contributed by atoms with E-state index in [4.69, 9.17) is 15.2 Å². The van der Waals surface area contributed by atoms with Gasteiger partial charge in [0.2, 0.25) is 0 Å². The van der Waals surface area contributed by atoms with Gasteiger partial charge in [0, 0.05) is 18.5 Å². The Morgan fingerprint density at radius 2 is 2.05 bits per heavy atom. The van der Waals surface area contributed by atoms with Crippen LogP contribution in [0.2, 0.25) is 0 Å². The lowest BCUT2D eigenvalue weighted by Crippen LogP contribution is -2.46. The third-order valence-electron chi connectivity index (χ3n) is 3.21. The van der Waals surface area contributed by atoms with Gasteiger partial charge in [-0.05, 0) is 27.2 Å². The summed E-state index contributed by atoms with van der Waals surface area (Å²) in [6.45, 7) is 9.26. The maximum Gasteiger partial charge on any atom is 0.411 e. The topological polar surface area (TPSA) is 81.9 Å². The van der Waals surface area contributed by atoms with Crippen molar-refractivity contribution in [1.82, 2.24) is 4.90 Å². The zero-order chi connectivity index (χ0) is 15.5. The molecule has 1 heterocycles. The van der Waals surface area contributed by atoms with Crippen molar-refractivity contribution in [2.75, 3.05) is 13.7 Å². The van der Waals surface area contributed by atoms with Gasteiger partial charge in [-0.1, -0.05) is 6.08 Å². The molecule has 1 fully saturated rings. The van der Waals surface area contributed by atoms with Crippen molar-refractivity contribution in [2.24, 2.45) is 11.7 Å². The summed E-state index contributed by atoms with van der Waals surface area (Å²) in [5, 5.41) is 0. The zero-order valence-corrected chi connectivity index (χ0v) is 12.6. The van der Waals surface area contributed by atoms with E-state index in [-0.39, 0.29) is 18.5 Å². The molecule has 1 saturated heterocycles. The van der Waals surface area contributed by atoms with Gasteiger partial charge in [-0.25, -0.2) is 9.59 Å². The number of hydrogen-bond acceptors (Lipinski definition) is 5. The van der Waals surface area contributed by atoms with Crippen molar-refractivity contribution in [1.29, 1.82) is 0 Å². The molecule has 20 heavy (non-hydrogen) atoms. The van der Waals surface area contributed by atoms with Gasteiger partial charge >= 0.3 is 12.1 Å². The third kappa shape index (κ3) is 3.72. The minimum absolute atomic E-state index is 0.201. The number of carbonyl (C=O) groups is 2. The Hall–Kier alpha value is -1.56. The minimum Gasteiger partial charge on any atom is -0.467 e. The number of methoxy groups -OCH3 is 1. The van der Waals surface area contributed by atoms with E-state index in [1.807, 2.05) is 0 Å². The lowest BCUT2D eigenvalue weighted by molar-refractivity contribution is -0.147. The summed E-state index contributed by atoms with van der Waals surface area (Å²) in [4.78, 5) is 25.5. The molecule has 0 aliphatic carbocycles. The Bertz CT molecular complexity index is 389. The smallest absolute Gasteiger partial charge is 0.411 e. The van der Waals surface area contributed by atoms with Crippen molar-refractivity contribution in [3.05, 3.63) is 12.7 Å². The van der Waals surface area contributed by atoms with Crippen LogP contribution in [0.4, 0.5) is 4.79 Å². The molecule has 0 unspecified atom stereocenters. The van der Waals surface area contributed by atoms with Gasteiger partial charge < -0.3 is 15.2 Å². The second-order valence-corrected chi connectivity index (χ2v) is 5.95. The number of carbonyl (C=O) groups excluding carboxylic acids is 2. The van der Waals surface area contributed by atoms with Crippen LogP contribution < -0.4 is 5.73 Å². The highest BCUT2D eigenvalue weighted by molar-refractivity contribution is 5.83. The number of hydrogen-bond donors (Lipinski definition) is 1. The summed E-state index contributed by atoms with van der Waals surface area (Å²) in [7, 11) is 1.30. The largest absolute Gasteiger partial charge is 0.467 e. The van der Waals surface area contributed by atoms with Crippen LogP contribution in [0.15, 0.2) is 12.7 Å². The van der Waals surface area contributed by atoms with Gasteiger partial charge in [-0.2, -0.15) is 0 Å². The molecule has 0 aromatic rings. The predicted octanol–water partition coefficient (Wildman–Crippen LogP) is 1.30. The first-order valence-electron chi connectivity index (χ1n) is 6.65. The van der Waals surface area contributed by atoms with Gasteiger partial charge in [-0.15, -0.1) is 6.58 Å². The lowest BCUT2D eigenvalue weighted by atomic mass is 9.93. The average molecular weight is 284 g/mol. The highest BCUT2D eigenvalue weighted by Crippen LogP contribution is 2.29. The molecule has 0 spiro atoms. The third-order valence-corrected chi connectivity index (χ3v) is 3.21. The standard InChI is InChI=1S/C14H24N2O4/c1-6-7-9-10(15)8-16(11(9)12(17)19-5)13(18)20-14(2,3)4/h6,9-11H,1,7-8,15H2,2-5H3/t9-,10+,11+/m1/s1. The van der Waals surface area contributed by atoms with Crippen molar-refractivity contribution in [3.63, 3.8) is 0 Å². The highest BCUT2D eigenvalue weighted by atomic mass is 16.6. The maximum atomic E-state index is 12.2. The molecular formula is C14H24N2O4. The normalized spacial score (nSPS) is 26.2. The molecule has 1 aliphatic heterocycles. The minimum atomic E-state index is -0.720. The summed E-state index contributed by atoms with van der Waals surface area (Å²) < 4.78 is 10.1. The first-order chi connectivity index (χ1) is 9.21. The lowest BCUT2D eigenvalue weighted by Gasteiger charge is -2.28. The first-order valence-corrected chi connectivity index (χ1v) is 6.65. The Kier molecular flexibility index (Phi) is 5.16. The quantitative estimate of drug-likeness (QED) is 0.624. The number of nitrogens with zero attached hydrogens (tertiary/aromatic N) is 1. The predicted molar refractivity (Wildman–Crippen MR) is 75.0 cm³/mol. The van der Waals surface area contributed by atoms with Crippen LogP contribution >= 0.6 is 0 Å². The number of esters is 1. The SMILES string of the molecule is C=CC[C@H]1[C@@H](C(=O)OC)N(C(=O)OC(C)(C)C)C[C@@H]1N. The molecule has 1 aliphatic rings. The van der Waals surface area contributed by atoms with Gasteiger partial charge in [0.05, 0.1) is 7.11 Å². The fraction of sp³-hybridized carbons (Fsp3) is 0.714. The van der Waals surface area contributed by atoms with Gasteiger partial charge in [0.25, 0.3) is 0 Å². The number of likely N-dealkylation sites (tertiary alicyclic amines) is 1. The fourth-order valence-corrected chi connectivity index (χ4v) is 2.37. The number of allylic oxidation sites excluding steroid dienone is 1. The van der Waals surface area contributed by atoms with Gasteiger partial charge in [0.15, 0.2) is 0 Å². The van der Waals surface area contributed by atoms with E-state index in [0.717, 1.165) is 0 Å². The molecule has 0 aromatic heterocycles. The molecule has 3 atom stereocenters. The van der Waals surface area contributed by atoms with Crippen LogP contribution in [0.25, 0.3) is 0 Å². The van der Waals surface area contributed by atoms with E-state index in [1.165, 1.54) is 12.0 Å². The van der Waals surface area contributed by atoms with Crippen LogP contribution in [0.3, 0.4) is 0 Å².